The molecule has 0 saturated carbocycles. The van der Waals surface area contributed by atoms with E-state index in [1.807, 2.05) is 6.92 Å². The lowest BCUT2D eigenvalue weighted by Gasteiger charge is -2.24. The standard InChI is InChI=1S/C17H17FN4OS/c1-11(22(2)16(23)14-7-3-4-9-19-14)10-20-17-21-13-8-5-6-12(18)15(13)24-17/h3-9,11H,10H2,1-2H3,(H,20,21). The van der Waals surface area contributed by atoms with Crippen molar-refractivity contribution in [1.29, 1.82) is 0 Å². The molecule has 0 aliphatic carbocycles. The third kappa shape index (κ3) is 3.35. The number of fused-ring (bicyclic) bond motifs is 1. The molecule has 3 aromatic rings. The molecule has 1 N–H and O–H groups in total. The van der Waals surface area contributed by atoms with Gasteiger partial charge in [0.05, 0.1) is 10.2 Å². The second kappa shape index (κ2) is 6.92. The number of benzene rings is 1. The minimum Gasteiger partial charge on any atom is -0.359 e. The van der Waals surface area contributed by atoms with Crippen molar-refractivity contribution < 1.29 is 9.18 Å². The van der Waals surface area contributed by atoms with Crippen LogP contribution in [0.5, 0.6) is 0 Å². The topological polar surface area (TPSA) is 58.1 Å². The monoisotopic (exact) mass is 344 g/mol. The van der Waals surface area contributed by atoms with Crippen LogP contribution < -0.4 is 5.32 Å². The van der Waals surface area contributed by atoms with Gasteiger partial charge in [-0.15, -0.1) is 0 Å². The molecule has 5 nitrogen and oxygen atoms in total. The van der Waals surface area contributed by atoms with Crippen molar-refractivity contribution in [2.75, 3.05) is 18.9 Å². The average Bonchev–Trinajstić information content (AvgIpc) is 3.03. The summed E-state index contributed by atoms with van der Waals surface area (Å²) in [5.41, 5.74) is 1.04. The SMILES string of the molecule is CC(CNc1nc2cccc(F)c2s1)N(C)C(=O)c1ccccn1. The number of nitrogens with zero attached hydrogens (tertiary/aromatic N) is 3. The maximum Gasteiger partial charge on any atom is 0.272 e. The summed E-state index contributed by atoms with van der Waals surface area (Å²) in [5, 5.41) is 3.81. The molecule has 1 unspecified atom stereocenters. The molecule has 0 fully saturated rings. The second-order valence-electron chi connectivity index (χ2n) is 5.47. The largest absolute Gasteiger partial charge is 0.359 e. The number of nitrogens with one attached hydrogen (secondary N) is 1. The number of hydrogen-bond acceptors (Lipinski definition) is 5. The maximum absolute atomic E-state index is 13.7. The Labute approximate surface area is 143 Å². The zero-order chi connectivity index (χ0) is 17.1. The van der Waals surface area contributed by atoms with Gasteiger partial charge in [-0.1, -0.05) is 23.5 Å². The van der Waals surface area contributed by atoms with Gasteiger partial charge in [0.15, 0.2) is 5.13 Å². The number of rotatable bonds is 5. The summed E-state index contributed by atoms with van der Waals surface area (Å²) in [6.45, 7) is 2.44. The molecule has 0 radical (unpaired) electrons. The summed E-state index contributed by atoms with van der Waals surface area (Å²) in [5.74, 6) is -0.409. The lowest BCUT2D eigenvalue weighted by Crippen LogP contribution is -2.39. The minimum absolute atomic E-state index is 0.0728. The van der Waals surface area contributed by atoms with Crippen molar-refractivity contribution in [1.82, 2.24) is 14.9 Å². The van der Waals surface area contributed by atoms with Gasteiger partial charge in [-0.3, -0.25) is 9.78 Å². The van der Waals surface area contributed by atoms with Gasteiger partial charge < -0.3 is 10.2 Å². The molecule has 0 aliphatic heterocycles. The molecule has 0 spiro atoms. The van der Waals surface area contributed by atoms with Crippen LogP contribution in [0.3, 0.4) is 0 Å². The van der Waals surface area contributed by atoms with Crippen LogP contribution in [-0.2, 0) is 0 Å². The number of pyridine rings is 1. The lowest BCUT2D eigenvalue weighted by atomic mass is 10.2. The molecule has 0 bridgehead atoms. The van der Waals surface area contributed by atoms with E-state index in [1.165, 1.54) is 17.4 Å². The van der Waals surface area contributed by atoms with E-state index in [-0.39, 0.29) is 17.8 Å². The van der Waals surface area contributed by atoms with Gasteiger partial charge in [-0.25, -0.2) is 9.37 Å². The Morgan fingerprint density at radius 2 is 2.17 bits per heavy atom. The minimum atomic E-state index is -0.270. The van der Waals surface area contributed by atoms with Crippen LogP contribution in [0, 0.1) is 5.82 Å². The molecule has 0 aliphatic rings. The van der Waals surface area contributed by atoms with Crippen molar-refractivity contribution >= 4 is 32.6 Å². The van der Waals surface area contributed by atoms with Crippen LogP contribution in [0.4, 0.5) is 9.52 Å². The fourth-order valence-corrected chi connectivity index (χ4v) is 3.11. The predicted molar refractivity (Wildman–Crippen MR) is 93.9 cm³/mol. The van der Waals surface area contributed by atoms with Gasteiger partial charge in [-0.2, -0.15) is 0 Å². The first kappa shape index (κ1) is 16.3. The number of hydrogen-bond donors (Lipinski definition) is 1. The zero-order valence-corrected chi connectivity index (χ0v) is 14.2. The van der Waals surface area contributed by atoms with Crippen LogP contribution in [0.25, 0.3) is 10.2 Å². The van der Waals surface area contributed by atoms with Gasteiger partial charge in [0.25, 0.3) is 5.91 Å². The van der Waals surface area contributed by atoms with E-state index in [0.717, 1.165) is 0 Å². The smallest absolute Gasteiger partial charge is 0.272 e. The van der Waals surface area contributed by atoms with Crippen molar-refractivity contribution in [3.8, 4) is 0 Å². The molecule has 1 aromatic carbocycles. The average molecular weight is 344 g/mol. The molecule has 124 valence electrons. The molecule has 1 atom stereocenters. The summed E-state index contributed by atoms with van der Waals surface area (Å²) in [4.78, 5) is 22.4. The highest BCUT2D eigenvalue weighted by atomic mass is 32.1. The molecule has 2 aromatic heterocycles. The normalized spacial score (nSPS) is 12.1. The Bertz CT molecular complexity index is 852. The Kier molecular flexibility index (Phi) is 4.71. The van der Waals surface area contributed by atoms with Crippen molar-refractivity contribution in [3.63, 3.8) is 0 Å². The molecule has 7 heteroatoms. The number of halogens is 1. The third-order valence-electron chi connectivity index (χ3n) is 3.78. The fraction of sp³-hybridized carbons (Fsp3) is 0.235. The van der Waals surface area contributed by atoms with Crippen molar-refractivity contribution in [2.45, 2.75) is 13.0 Å². The van der Waals surface area contributed by atoms with Gasteiger partial charge in [0.2, 0.25) is 0 Å². The number of carbonyl (C=O) groups excluding carboxylic acids is 1. The van der Waals surface area contributed by atoms with Crippen LogP contribution >= 0.6 is 11.3 Å². The van der Waals surface area contributed by atoms with Crippen LogP contribution in [-0.4, -0.2) is 40.4 Å². The predicted octanol–water partition coefficient (Wildman–Crippen LogP) is 3.40. The molecule has 1 amide bonds. The summed E-state index contributed by atoms with van der Waals surface area (Å²) >= 11 is 1.27. The number of thiazole rings is 1. The number of likely N-dealkylation sites (N-methyl/N-ethyl adjacent to an activating group) is 1. The molecule has 2 heterocycles. The van der Waals surface area contributed by atoms with Gasteiger partial charge >= 0.3 is 0 Å². The highest BCUT2D eigenvalue weighted by Gasteiger charge is 2.18. The first-order valence-electron chi connectivity index (χ1n) is 7.53. The summed E-state index contributed by atoms with van der Waals surface area (Å²) in [6, 6.07) is 10.0. The van der Waals surface area contributed by atoms with Crippen LogP contribution in [0.15, 0.2) is 42.6 Å². The lowest BCUT2D eigenvalue weighted by molar-refractivity contribution is 0.0745. The van der Waals surface area contributed by atoms with E-state index < -0.39 is 0 Å². The van der Waals surface area contributed by atoms with E-state index >= 15 is 0 Å². The Balaban J connectivity index is 1.64. The molecule has 3 rings (SSSR count). The molecular weight excluding hydrogens is 327 g/mol. The summed E-state index contributed by atoms with van der Waals surface area (Å²) in [7, 11) is 1.74. The molecule has 24 heavy (non-hydrogen) atoms. The first-order chi connectivity index (χ1) is 11.6. The van der Waals surface area contributed by atoms with Crippen molar-refractivity contribution in [2.24, 2.45) is 0 Å². The Hall–Kier alpha value is -2.54. The number of aromatic nitrogens is 2. The van der Waals surface area contributed by atoms with E-state index in [0.29, 0.717) is 27.6 Å². The highest BCUT2D eigenvalue weighted by molar-refractivity contribution is 7.22. The van der Waals surface area contributed by atoms with E-state index in [4.69, 9.17) is 0 Å². The quantitative estimate of drug-likeness (QED) is 0.771. The number of amides is 1. The van der Waals surface area contributed by atoms with Crippen molar-refractivity contribution in [3.05, 3.63) is 54.1 Å². The second-order valence-corrected chi connectivity index (χ2v) is 6.47. The number of anilines is 1. The van der Waals surface area contributed by atoms with Crippen LogP contribution in [0.1, 0.15) is 17.4 Å². The summed E-state index contributed by atoms with van der Waals surface area (Å²) in [6.07, 6.45) is 1.60. The van der Waals surface area contributed by atoms with Gasteiger partial charge in [-0.05, 0) is 31.2 Å². The molecular formula is C17H17FN4OS. The summed E-state index contributed by atoms with van der Waals surface area (Å²) < 4.78 is 14.2. The molecule has 0 saturated heterocycles. The van der Waals surface area contributed by atoms with E-state index in [2.05, 4.69) is 15.3 Å². The van der Waals surface area contributed by atoms with Gasteiger partial charge in [0, 0.05) is 25.8 Å². The van der Waals surface area contributed by atoms with E-state index in [1.54, 1.807) is 48.5 Å². The third-order valence-corrected chi connectivity index (χ3v) is 4.82. The number of carbonyl (C=O) groups is 1. The maximum atomic E-state index is 13.7. The first-order valence-corrected chi connectivity index (χ1v) is 8.35. The zero-order valence-electron chi connectivity index (χ0n) is 13.4. The van der Waals surface area contributed by atoms with Gasteiger partial charge in [0.1, 0.15) is 11.5 Å². The van der Waals surface area contributed by atoms with E-state index in [9.17, 15) is 9.18 Å². The van der Waals surface area contributed by atoms with Crippen LogP contribution in [0.2, 0.25) is 0 Å². The Morgan fingerprint density at radius 3 is 2.88 bits per heavy atom. The highest BCUT2D eigenvalue weighted by Crippen LogP contribution is 2.28. The fourth-order valence-electron chi connectivity index (χ4n) is 2.23. The Morgan fingerprint density at radius 1 is 1.33 bits per heavy atom.